The summed E-state index contributed by atoms with van der Waals surface area (Å²) in [7, 11) is 1.71. The van der Waals surface area contributed by atoms with Gasteiger partial charge < -0.3 is 25.2 Å². The molecule has 0 atom stereocenters. The Morgan fingerprint density at radius 1 is 1.17 bits per heavy atom. The number of hydrogen-bond acceptors (Lipinski definition) is 5. The Morgan fingerprint density at radius 2 is 1.87 bits per heavy atom. The van der Waals surface area contributed by atoms with Crippen molar-refractivity contribution in [2.24, 2.45) is 0 Å². The van der Waals surface area contributed by atoms with Crippen LogP contribution in [0.25, 0.3) is 0 Å². The molecular formula is C16H22N2O5. The van der Waals surface area contributed by atoms with Gasteiger partial charge in [0, 0.05) is 43.5 Å². The Labute approximate surface area is 135 Å². The summed E-state index contributed by atoms with van der Waals surface area (Å²) < 4.78 is 5.23. The van der Waals surface area contributed by atoms with Crippen molar-refractivity contribution >= 4 is 17.6 Å². The number of carboxylic acid groups (broad SMARTS) is 2. The molecule has 2 rings (SSSR count). The van der Waals surface area contributed by atoms with Gasteiger partial charge in [-0.3, -0.25) is 0 Å². The molecule has 0 spiro atoms. The van der Waals surface area contributed by atoms with Gasteiger partial charge in [0.2, 0.25) is 0 Å². The average Bonchev–Trinajstić information content (AvgIpc) is 2.83. The molecule has 1 saturated heterocycles. The first kappa shape index (κ1) is 18.5. The maximum Gasteiger partial charge on any atom is 0.328 e. The molecule has 3 N–H and O–H groups in total. The van der Waals surface area contributed by atoms with Crippen molar-refractivity contribution < 1.29 is 24.5 Å². The second kappa shape index (κ2) is 10.2. The lowest BCUT2D eigenvalue weighted by Crippen LogP contribution is -2.27. The molecule has 0 saturated carbocycles. The Hall–Kier alpha value is -2.54. The van der Waals surface area contributed by atoms with Crippen molar-refractivity contribution in [3.8, 4) is 5.75 Å². The highest BCUT2D eigenvalue weighted by Gasteiger charge is 2.09. The summed E-state index contributed by atoms with van der Waals surface area (Å²) in [5, 5.41) is 19.0. The van der Waals surface area contributed by atoms with Gasteiger partial charge in [0.1, 0.15) is 5.75 Å². The summed E-state index contributed by atoms with van der Waals surface area (Å²) in [6.45, 7) is 4.39. The maximum atomic E-state index is 9.55. The van der Waals surface area contributed by atoms with Crippen LogP contribution in [-0.2, 0) is 9.59 Å². The van der Waals surface area contributed by atoms with Gasteiger partial charge in [-0.25, -0.2) is 9.59 Å². The molecule has 7 heteroatoms. The first-order valence-corrected chi connectivity index (χ1v) is 7.26. The van der Waals surface area contributed by atoms with E-state index in [1.807, 2.05) is 12.1 Å². The fourth-order valence-electron chi connectivity index (χ4n) is 2.05. The Kier molecular flexibility index (Phi) is 8.23. The van der Waals surface area contributed by atoms with Crippen LogP contribution in [0.5, 0.6) is 5.75 Å². The number of nitrogens with zero attached hydrogens (tertiary/aromatic N) is 1. The van der Waals surface area contributed by atoms with Gasteiger partial charge in [0.15, 0.2) is 0 Å². The SMILES string of the molecule is COc1cccc(N2CCCNCC2)c1.O=C(O)/C=C/C(=O)O. The molecule has 0 aromatic heterocycles. The molecule has 1 aliphatic rings. The van der Waals surface area contributed by atoms with E-state index in [9.17, 15) is 9.59 Å². The lowest BCUT2D eigenvalue weighted by atomic mass is 10.2. The molecule has 7 nitrogen and oxygen atoms in total. The summed E-state index contributed by atoms with van der Waals surface area (Å²) in [5.41, 5.74) is 1.26. The first-order valence-electron chi connectivity index (χ1n) is 7.26. The van der Waals surface area contributed by atoms with Crippen LogP contribution >= 0.6 is 0 Å². The van der Waals surface area contributed by atoms with Gasteiger partial charge in [-0.2, -0.15) is 0 Å². The predicted molar refractivity (Wildman–Crippen MR) is 87.1 cm³/mol. The number of anilines is 1. The van der Waals surface area contributed by atoms with E-state index >= 15 is 0 Å². The van der Waals surface area contributed by atoms with E-state index in [0.29, 0.717) is 12.2 Å². The van der Waals surface area contributed by atoms with Crippen molar-refractivity contribution in [3.63, 3.8) is 0 Å². The fraction of sp³-hybridized carbons (Fsp3) is 0.375. The number of carbonyl (C=O) groups is 2. The maximum absolute atomic E-state index is 9.55. The number of methoxy groups -OCH3 is 1. The minimum absolute atomic E-state index is 0.558. The smallest absolute Gasteiger partial charge is 0.328 e. The minimum atomic E-state index is -1.26. The van der Waals surface area contributed by atoms with Crippen molar-refractivity contribution in [3.05, 3.63) is 36.4 Å². The van der Waals surface area contributed by atoms with Crippen molar-refractivity contribution in [2.45, 2.75) is 6.42 Å². The zero-order valence-electron chi connectivity index (χ0n) is 13.1. The van der Waals surface area contributed by atoms with E-state index < -0.39 is 11.9 Å². The zero-order chi connectivity index (χ0) is 17.1. The lowest BCUT2D eigenvalue weighted by Gasteiger charge is -2.22. The molecular weight excluding hydrogens is 300 g/mol. The number of carboxylic acids is 2. The molecule has 1 aromatic carbocycles. The van der Waals surface area contributed by atoms with Crippen molar-refractivity contribution in [1.29, 1.82) is 0 Å². The van der Waals surface area contributed by atoms with Gasteiger partial charge in [-0.1, -0.05) is 6.07 Å². The third-order valence-corrected chi connectivity index (χ3v) is 3.13. The van der Waals surface area contributed by atoms with Crippen LogP contribution in [0.3, 0.4) is 0 Å². The summed E-state index contributed by atoms with van der Waals surface area (Å²) in [4.78, 5) is 21.5. The van der Waals surface area contributed by atoms with Crippen LogP contribution in [0.1, 0.15) is 6.42 Å². The Balaban J connectivity index is 0.000000284. The standard InChI is InChI=1S/C12H18N2O.C4H4O4/c1-15-12-5-2-4-11(10-12)14-8-3-6-13-7-9-14;5-3(6)1-2-4(7)8/h2,4-5,10,13H,3,6-9H2,1H3;1-2H,(H,5,6)(H,7,8)/b;2-1+. The van der Waals surface area contributed by atoms with Crippen molar-refractivity contribution in [1.82, 2.24) is 5.32 Å². The lowest BCUT2D eigenvalue weighted by molar-refractivity contribution is -0.134. The van der Waals surface area contributed by atoms with Gasteiger partial charge >= 0.3 is 11.9 Å². The molecule has 126 valence electrons. The molecule has 1 fully saturated rings. The molecule has 0 radical (unpaired) electrons. The molecule has 1 aromatic rings. The van der Waals surface area contributed by atoms with Gasteiger partial charge in [0.05, 0.1) is 7.11 Å². The van der Waals surface area contributed by atoms with E-state index in [4.69, 9.17) is 14.9 Å². The highest BCUT2D eigenvalue weighted by Crippen LogP contribution is 2.21. The minimum Gasteiger partial charge on any atom is -0.497 e. The quantitative estimate of drug-likeness (QED) is 0.716. The molecule has 1 aliphatic heterocycles. The van der Waals surface area contributed by atoms with Gasteiger partial charge in [-0.15, -0.1) is 0 Å². The number of ether oxygens (including phenoxy) is 1. The van der Waals surface area contributed by atoms with E-state index in [2.05, 4.69) is 22.3 Å². The summed E-state index contributed by atoms with van der Waals surface area (Å²) in [5.74, 6) is -1.58. The molecule has 0 amide bonds. The Morgan fingerprint density at radius 3 is 2.48 bits per heavy atom. The zero-order valence-corrected chi connectivity index (χ0v) is 13.1. The summed E-state index contributed by atoms with van der Waals surface area (Å²) >= 11 is 0. The van der Waals surface area contributed by atoms with E-state index in [1.165, 1.54) is 12.1 Å². The van der Waals surface area contributed by atoms with Gasteiger partial charge in [-0.05, 0) is 25.1 Å². The second-order valence-electron chi connectivity index (χ2n) is 4.80. The first-order chi connectivity index (χ1) is 11.0. The fourth-order valence-corrected chi connectivity index (χ4v) is 2.05. The van der Waals surface area contributed by atoms with E-state index in [0.717, 1.165) is 31.9 Å². The number of nitrogens with one attached hydrogen (secondary N) is 1. The highest BCUT2D eigenvalue weighted by molar-refractivity contribution is 5.89. The monoisotopic (exact) mass is 322 g/mol. The molecule has 0 unspecified atom stereocenters. The van der Waals surface area contributed by atoms with Crippen molar-refractivity contribution in [2.75, 3.05) is 38.2 Å². The predicted octanol–water partition coefficient (Wildman–Crippen LogP) is 1.21. The van der Waals surface area contributed by atoms with Crippen LogP contribution in [0.2, 0.25) is 0 Å². The molecule has 0 bridgehead atoms. The van der Waals surface area contributed by atoms with Crippen LogP contribution in [0, 0.1) is 0 Å². The molecule has 1 heterocycles. The highest BCUT2D eigenvalue weighted by atomic mass is 16.5. The number of rotatable bonds is 4. The third-order valence-electron chi connectivity index (χ3n) is 3.13. The molecule has 23 heavy (non-hydrogen) atoms. The van der Waals surface area contributed by atoms with Crippen LogP contribution in [0.15, 0.2) is 36.4 Å². The Bertz CT molecular complexity index is 521. The summed E-state index contributed by atoms with van der Waals surface area (Å²) in [6, 6.07) is 8.28. The van der Waals surface area contributed by atoms with E-state index in [1.54, 1.807) is 7.11 Å². The normalized spacial score (nSPS) is 14.6. The number of hydrogen-bond donors (Lipinski definition) is 3. The second-order valence-corrected chi connectivity index (χ2v) is 4.80. The number of benzene rings is 1. The average molecular weight is 322 g/mol. The topological polar surface area (TPSA) is 99.1 Å². The van der Waals surface area contributed by atoms with E-state index in [-0.39, 0.29) is 0 Å². The summed E-state index contributed by atoms with van der Waals surface area (Å²) in [6.07, 6.45) is 2.32. The van der Waals surface area contributed by atoms with Crippen LogP contribution in [-0.4, -0.2) is 55.4 Å². The number of aliphatic carboxylic acids is 2. The molecule has 0 aliphatic carbocycles. The van der Waals surface area contributed by atoms with Gasteiger partial charge in [0.25, 0.3) is 0 Å². The largest absolute Gasteiger partial charge is 0.497 e. The third kappa shape index (κ3) is 7.87. The van der Waals surface area contributed by atoms with Crippen LogP contribution < -0.4 is 15.0 Å². The van der Waals surface area contributed by atoms with Crippen LogP contribution in [0.4, 0.5) is 5.69 Å².